The van der Waals surface area contributed by atoms with Crippen LogP contribution in [0, 0.1) is 6.92 Å². The third kappa shape index (κ3) is 1.34. The molecule has 1 fully saturated rings. The Morgan fingerprint density at radius 2 is 2.33 bits per heavy atom. The van der Waals surface area contributed by atoms with Crippen LogP contribution in [0.2, 0.25) is 0 Å². The highest BCUT2D eigenvalue weighted by atomic mass is 16.4. The Bertz CT molecular complexity index is 407. The van der Waals surface area contributed by atoms with Crippen LogP contribution in [0.25, 0.3) is 0 Å². The van der Waals surface area contributed by atoms with Gasteiger partial charge in [0.2, 0.25) is 0 Å². The smallest absolute Gasteiger partial charge is 0.321 e. The van der Waals surface area contributed by atoms with E-state index in [1.165, 1.54) is 0 Å². The lowest BCUT2D eigenvalue weighted by molar-refractivity contribution is -0.139. The number of carbonyl (C=O) groups is 1. The van der Waals surface area contributed by atoms with Crippen molar-refractivity contribution in [3.8, 4) is 0 Å². The van der Waals surface area contributed by atoms with E-state index in [2.05, 4.69) is 5.10 Å². The SMILES string of the molecule is Cc1c(C2(C(N)C(=O)O)CC2)cnn1C. The summed E-state index contributed by atoms with van der Waals surface area (Å²) in [6, 6.07) is -0.819. The number of aryl methyl sites for hydroxylation is 1. The van der Waals surface area contributed by atoms with Gasteiger partial charge in [0, 0.05) is 23.7 Å². The van der Waals surface area contributed by atoms with Crippen LogP contribution in [0.15, 0.2) is 6.20 Å². The minimum Gasteiger partial charge on any atom is -0.480 e. The molecule has 82 valence electrons. The summed E-state index contributed by atoms with van der Waals surface area (Å²) in [6.07, 6.45) is 3.42. The van der Waals surface area contributed by atoms with Gasteiger partial charge in [0.1, 0.15) is 6.04 Å². The molecule has 1 aromatic heterocycles. The molecule has 15 heavy (non-hydrogen) atoms. The van der Waals surface area contributed by atoms with Crippen LogP contribution in [-0.4, -0.2) is 26.9 Å². The zero-order valence-corrected chi connectivity index (χ0v) is 8.90. The van der Waals surface area contributed by atoms with Gasteiger partial charge in [-0.2, -0.15) is 5.10 Å². The van der Waals surface area contributed by atoms with Crippen molar-refractivity contribution in [2.24, 2.45) is 12.8 Å². The maximum absolute atomic E-state index is 10.9. The van der Waals surface area contributed by atoms with Crippen LogP contribution in [0.3, 0.4) is 0 Å². The molecule has 1 saturated carbocycles. The molecule has 0 saturated heterocycles. The van der Waals surface area contributed by atoms with Gasteiger partial charge in [0.25, 0.3) is 0 Å². The summed E-state index contributed by atoms with van der Waals surface area (Å²) in [5.41, 5.74) is 7.35. The van der Waals surface area contributed by atoms with Crippen molar-refractivity contribution in [1.29, 1.82) is 0 Å². The van der Waals surface area contributed by atoms with Gasteiger partial charge >= 0.3 is 5.97 Å². The number of hydrogen-bond acceptors (Lipinski definition) is 3. The Morgan fingerprint density at radius 1 is 1.73 bits per heavy atom. The molecule has 0 radical (unpaired) electrons. The standard InChI is InChI=1S/C10H15N3O2/c1-6-7(5-12-13(6)2)10(3-4-10)8(11)9(14)15/h5,8H,3-4,11H2,1-2H3,(H,14,15). The van der Waals surface area contributed by atoms with Crippen molar-refractivity contribution in [3.63, 3.8) is 0 Å². The first-order chi connectivity index (χ1) is 6.99. The molecular weight excluding hydrogens is 194 g/mol. The fraction of sp³-hybridized carbons (Fsp3) is 0.600. The molecule has 5 heteroatoms. The minimum atomic E-state index is -0.934. The molecule has 2 rings (SSSR count). The van der Waals surface area contributed by atoms with Gasteiger partial charge in [0.05, 0.1) is 6.20 Å². The van der Waals surface area contributed by atoms with Crippen molar-refractivity contribution < 1.29 is 9.90 Å². The molecule has 3 N–H and O–H groups in total. The van der Waals surface area contributed by atoms with E-state index in [0.717, 1.165) is 24.1 Å². The quantitative estimate of drug-likeness (QED) is 0.743. The Morgan fingerprint density at radius 3 is 2.67 bits per heavy atom. The van der Waals surface area contributed by atoms with Crippen LogP contribution in [0.4, 0.5) is 0 Å². The molecule has 1 aromatic rings. The summed E-state index contributed by atoms with van der Waals surface area (Å²) in [5, 5.41) is 13.1. The molecule has 0 aromatic carbocycles. The van der Waals surface area contributed by atoms with Gasteiger partial charge < -0.3 is 10.8 Å². The Labute approximate surface area is 87.9 Å². The maximum Gasteiger partial charge on any atom is 0.321 e. The Kier molecular flexibility index (Phi) is 2.08. The van der Waals surface area contributed by atoms with E-state index < -0.39 is 12.0 Å². The van der Waals surface area contributed by atoms with Crippen molar-refractivity contribution >= 4 is 5.97 Å². The lowest BCUT2D eigenvalue weighted by Gasteiger charge is -2.19. The number of nitrogens with zero attached hydrogens (tertiary/aromatic N) is 2. The molecule has 5 nitrogen and oxygen atoms in total. The number of hydrogen-bond donors (Lipinski definition) is 2. The lowest BCUT2D eigenvalue weighted by Crippen LogP contribution is -2.42. The summed E-state index contributed by atoms with van der Waals surface area (Å²) in [5.74, 6) is -0.934. The van der Waals surface area contributed by atoms with Gasteiger partial charge in [-0.05, 0) is 19.8 Å². The fourth-order valence-corrected chi connectivity index (χ4v) is 2.11. The second-order valence-corrected chi connectivity index (χ2v) is 4.24. The van der Waals surface area contributed by atoms with E-state index in [1.54, 1.807) is 10.9 Å². The van der Waals surface area contributed by atoms with E-state index in [9.17, 15) is 4.79 Å². The zero-order chi connectivity index (χ0) is 11.2. The van der Waals surface area contributed by atoms with Gasteiger partial charge in [0.15, 0.2) is 0 Å². The fourth-order valence-electron chi connectivity index (χ4n) is 2.11. The van der Waals surface area contributed by atoms with Crippen molar-refractivity contribution in [1.82, 2.24) is 9.78 Å². The molecule has 0 bridgehead atoms. The molecule has 0 aliphatic heterocycles. The molecule has 1 unspecified atom stereocenters. The number of carboxylic acids is 1. The number of carboxylic acid groups (broad SMARTS) is 1. The number of rotatable bonds is 3. The summed E-state index contributed by atoms with van der Waals surface area (Å²) in [4.78, 5) is 10.9. The third-order valence-electron chi connectivity index (χ3n) is 3.42. The largest absolute Gasteiger partial charge is 0.480 e. The van der Waals surface area contributed by atoms with Crippen LogP contribution >= 0.6 is 0 Å². The van der Waals surface area contributed by atoms with E-state index in [0.29, 0.717) is 0 Å². The van der Waals surface area contributed by atoms with E-state index in [-0.39, 0.29) is 5.41 Å². The van der Waals surface area contributed by atoms with Crippen molar-refractivity contribution in [2.45, 2.75) is 31.2 Å². The summed E-state index contributed by atoms with van der Waals surface area (Å²) >= 11 is 0. The topological polar surface area (TPSA) is 81.1 Å². The molecule has 1 aliphatic carbocycles. The summed E-state index contributed by atoms with van der Waals surface area (Å²) < 4.78 is 1.75. The number of aliphatic carboxylic acids is 1. The minimum absolute atomic E-state index is 0.371. The van der Waals surface area contributed by atoms with Crippen molar-refractivity contribution in [2.75, 3.05) is 0 Å². The normalized spacial score (nSPS) is 19.9. The van der Waals surface area contributed by atoms with Gasteiger partial charge in [-0.3, -0.25) is 9.48 Å². The van der Waals surface area contributed by atoms with Crippen molar-refractivity contribution in [3.05, 3.63) is 17.5 Å². The first-order valence-electron chi connectivity index (χ1n) is 4.96. The lowest BCUT2D eigenvalue weighted by atomic mass is 9.89. The van der Waals surface area contributed by atoms with Crippen LogP contribution in [0.1, 0.15) is 24.1 Å². The highest BCUT2D eigenvalue weighted by Gasteiger charge is 2.53. The molecule has 0 spiro atoms. The van der Waals surface area contributed by atoms with Crippen LogP contribution in [0.5, 0.6) is 0 Å². The van der Waals surface area contributed by atoms with Gasteiger partial charge in [-0.15, -0.1) is 0 Å². The van der Waals surface area contributed by atoms with E-state index in [4.69, 9.17) is 10.8 Å². The third-order valence-corrected chi connectivity index (χ3v) is 3.42. The predicted molar refractivity (Wildman–Crippen MR) is 54.5 cm³/mol. The molecule has 1 heterocycles. The average Bonchev–Trinajstić information content (AvgIpc) is 2.91. The second-order valence-electron chi connectivity index (χ2n) is 4.24. The number of nitrogens with two attached hydrogens (primary N) is 1. The zero-order valence-electron chi connectivity index (χ0n) is 8.90. The molecular formula is C10H15N3O2. The van der Waals surface area contributed by atoms with Crippen LogP contribution in [-0.2, 0) is 17.3 Å². The number of aromatic nitrogens is 2. The average molecular weight is 209 g/mol. The van der Waals surface area contributed by atoms with Crippen LogP contribution < -0.4 is 5.73 Å². The molecule has 1 aliphatic rings. The molecule has 1 atom stereocenters. The van der Waals surface area contributed by atoms with E-state index in [1.807, 2.05) is 14.0 Å². The predicted octanol–water partition coefficient (Wildman–Crippen LogP) is 0.172. The second kappa shape index (κ2) is 3.06. The Balaban J connectivity index is 2.38. The van der Waals surface area contributed by atoms with Gasteiger partial charge in [-0.1, -0.05) is 0 Å². The Hall–Kier alpha value is -1.36. The monoisotopic (exact) mass is 209 g/mol. The summed E-state index contributed by atoms with van der Waals surface area (Å²) in [6.45, 7) is 1.94. The highest BCUT2D eigenvalue weighted by Crippen LogP contribution is 2.51. The first kappa shape index (κ1) is 10.2. The molecule has 0 amide bonds. The van der Waals surface area contributed by atoms with Gasteiger partial charge in [-0.25, -0.2) is 0 Å². The van der Waals surface area contributed by atoms with E-state index >= 15 is 0 Å². The first-order valence-corrected chi connectivity index (χ1v) is 4.96. The highest BCUT2D eigenvalue weighted by molar-refractivity contribution is 5.77. The maximum atomic E-state index is 10.9. The summed E-state index contributed by atoms with van der Waals surface area (Å²) in [7, 11) is 1.85.